The van der Waals surface area contributed by atoms with Gasteiger partial charge >= 0.3 is 5.97 Å². The topological polar surface area (TPSA) is 133 Å². The highest BCUT2D eigenvalue weighted by Crippen LogP contribution is 2.41. The fraction of sp³-hybridized carbons (Fsp3) is 0.500. The minimum absolute atomic E-state index is 0.0217. The molecule has 12 nitrogen and oxygen atoms in total. The largest absolute Gasteiger partial charge is 0.480 e. The number of morpholine rings is 1. The number of furan rings is 1. The summed E-state index contributed by atoms with van der Waals surface area (Å²) in [4.78, 5) is 29.3. The fourth-order valence-electron chi connectivity index (χ4n) is 7.61. The fourth-order valence-corrected chi connectivity index (χ4v) is 7.61. The van der Waals surface area contributed by atoms with E-state index in [-0.39, 0.29) is 35.9 Å². The second-order valence-electron chi connectivity index (χ2n) is 13.4. The van der Waals surface area contributed by atoms with E-state index in [1.54, 1.807) is 37.6 Å². The van der Waals surface area contributed by atoms with Gasteiger partial charge in [0.05, 0.1) is 32.4 Å². The molecule has 1 aromatic carbocycles. The Kier molecular flexibility index (Phi) is 8.24. The summed E-state index contributed by atoms with van der Waals surface area (Å²) >= 11 is 0. The van der Waals surface area contributed by atoms with Crippen molar-refractivity contribution >= 4 is 39.5 Å². The Morgan fingerprint density at radius 3 is 2.68 bits per heavy atom. The number of rotatable bonds is 7. The summed E-state index contributed by atoms with van der Waals surface area (Å²) in [7, 11) is 1.69. The van der Waals surface area contributed by atoms with Gasteiger partial charge in [-0.2, -0.15) is 0 Å². The molecule has 3 saturated heterocycles. The lowest BCUT2D eigenvalue weighted by Crippen LogP contribution is -2.68. The monoisotopic (exact) mass is 689 g/mol. The van der Waals surface area contributed by atoms with Crippen molar-refractivity contribution in [3.63, 3.8) is 0 Å². The first kappa shape index (κ1) is 32.6. The normalized spacial score (nSPS) is 24.1. The maximum absolute atomic E-state index is 14.1. The lowest BCUT2D eigenvalue weighted by atomic mass is 9.90. The molecule has 0 bridgehead atoms. The molecular formula is C36H37F2N5O7. The van der Waals surface area contributed by atoms with E-state index >= 15 is 0 Å². The van der Waals surface area contributed by atoms with E-state index in [9.17, 15) is 18.7 Å². The number of hydrogen-bond acceptors (Lipinski definition) is 11. The van der Waals surface area contributed by atoms with Gasteiger partial charge in [-0.1, -0.05) is 24.0 Å². The van der Waals surface area contributed by atoms with Gasteiger partial charge in [-0.15, -0.1) is 0 Å². The number of halogens is 2. The van der Waals surface area contributed by atoms with Crippen molar-refractivity contribution in [2.45, 2.75) is 74.8 Å². The Bertz CT molecular complexity index is 2000. The van der Waals surface area contributed by atoms with Crippen LogP contribution >= 0.6 is 0 Å². The van der Waals surface area contributed by atoms with Gasteiger partial charge in [-0.25, -0.2) is 28.5 Å². The molecule has 8 rings (SSSR count). The average molecular weight is 690 g/mol. The van der Waals surface area contributed by atoms with Crippen molar-refractivity contribution in [3.05, 3.63) is 47.9 Å². The number of hydrogen-bond donors (Lipinski definition) is 1. The SMILES string of the molecule is COC1(C#Cc2cnc(O[C@H]3C[C@@H](C(=O)O)N(c4nc(C(F)F)nc5c4oc4ccccc45)C3)c(N3CCOC4(COC4)[C@@H]3C)c2)CCCC1. The van der Waals surface area contributed by atoms with Gasteiger partial charge in [0.15, 0.2) is 17.2 Å². The first-order chi connectivity index (χ1) is 24.2. The number of fused-ring (bicyclic) bond motifs is 3. The Morgan fingerprint density at radius 1 is 1.16 bits per heavy atom. The van der Waals surface area contributed by atoms with Gasteiger partial charge in [-0.3, -0.25) is 0 Å². The molecule has 3 atom stereocenters. The Hall–Kier alpha value is -4.58. The maximum atomic E-state index is 14.1. The first-order valence-corrected chi connectivity index (χ1v) is 16.9. The summed E-state index contributed by atoms with van der Waals surface area (Å²) in [5, 5.41) is 10.9. The zero-order valence-corrected chi connectivity index (χ0v) is 27.7. The number of pyridine rings is 1. The van der Waals surface area contributed by atoms with Crippen molar-refractivity contribution < 1.29 is 42.0 Å². The van der Waals surface area contributed by atoms with Gasteiger partial charge in [0, 0.05) is 37.2 Å². The van der Waals surface area contributed by atoms with E-state index in [4.69, 9.17) is 28.3 Å². The second kappa shape index (κ2) is 12.6. The minimum atomic E-state index is -2.98. The van der Waals surface area contributed by atoms with Crippen LogP contribution < -0.4 is 14.5 Å². The molecule has 4 aliphatic rings. The first-order valence-electron chi connectivity index (χ1n) is 16.9. The van der Waals surface area contributed by atoms with E-state index in [0.29, 0.717) is 54.5 Å². The molecule has 4 fully saturated rings. The molecule has 6 heterocycles. The van der Waals surface area contributed by atoms with Crippen LogP contribution in [0.3, 0.4) is 0 Å². The van der Waals surface area contributed by atoms with Crippen molar-refractivity contribution in [1.82, 2.24) is 15.0 Å². The summed E-state index contributed by atoms with van der Waals surface area (Å²) in [6.07, 6.45) is 1.89. The summed E-state index contributed by atoms with van der Waals surface area (Å²) < 4.78 is 58.3. The third-order valence-electron chi connectivity index (χ3n) is 10.5. The second-order valence-corrected chi connectivity index (χ2v) is 13.4. The van der Waals surface area contributed by atoms with E-state index in [1.165, 1.54) is 4.90 Å². The highest BCUT2D eigenvalue weighted by atomic mass is 19.3. The number of aliphatic carboxylic acids is 1. The molecule has 1 aliphatic carbocycles. The van der Waals surface area contributed by atoms with E-state index in [0.717, 1.165) is 25.7 Å². The standard InChI is InChI=1S/C36H37F2N5O7/c1-21-36(19-47-20-36)48-14-13-42(21)25-15-22(9-12-35(46-2)10-5-6-11-35)17-39-33(25)49-23-16-26(34(44)45)43(18-23)32-29-28(40-31(41-32)30(37)38)24-7-3-4-8-27(24)50-29/h3-4,7-8,15,17,21,23,26,30H,5-6,10-11,13-14,16,18-20H2,1-2H3,(H,44,45)/t21-,23-,26-/m0/s1. The number of aromatic nitrogens is 3. The highest BCUT2D eigenvalue weighted by Gasteiger charge is 2.50. The van der Waals surface area contributed by atoms with Crippen LogP contribution in [0.25, 0.3) is 22.1 Å². The Balaban J connectivity index is 1.15. The lowest BCUT2D eigenvalue weighted by Gasteiger charge is -2.53. The minimum Gasteiger partial charge on any atom is -0.480 e. The molecule has 14 heteroatoms. The lowest BCUT2D eigenvalue weighted by molar-refractivity contribution is -0.228. The van der Waals surface area contributed by atoms with Crippen molar-refractivity contribution in [1.29, 1.82) is 0 Å². The molecular weight excluding hydrogens is 652 g/mol. The number of carboxylic acid groups (broad SMARTS) is 1. The number of anilines is 2. The highest BCUT2D eigenvalue weighted by molar-refractivity contribution is 6.06. The van der Waals surface area contributed by atoms with Crippen molar-refractivity contribution in [3.8, 4) is 17.7 Å². The molecule has 1 saturated carbocycles. The number of carbonyl (C=O) groups is 1. The summed E-state index contributed by atoms with van der Waals surface area (Å²) in [5.74, 6) is 5.06. The van der Waals surface area contributed by atoms with Gasteiger partial charge < -0.3 is 38.3 Å². The van der Waals surface area contributed by atoms with Gasteiger partial charge in [-0.05, 0) is 50.8 Å². The summed E-state index contributed by atoms with van der Waals surface area (Å²) in [6, 6.07) is 7.65. The Labute approximate surface area is 286 Å². The van der Waals surface area contributed by atoms with E-state index < -0.39 is 41.6 Å². The molecule has 0 unspecified atom stereocenters. The van der Waals surface area contributed by atoms with Crippen LogP contribution in [0.5, 0.6) is 5.88 Å². The molecule has 3 aromatic heterocycles. The number of nitrogens with zero attached hydrogens (tertiary/aromatic N) is 5. The molecule has 0 radical (unpaired) electrons. The van der Waals surface area contributed by atoms with Crippen LogP contribution in [0.4, 0.5) is 20.3 Å². The molecule has 1 N–H and O–H groups in total. The smallest absolute Gasteiger partial charge is 0.326 e. The molecule has 1 spiro atoms. The van der Waals surface area contributed by atoms with Crippen molar-refractivity contribution in [2.24, 2.45) is 0 Å². The van der Waals surface area contributed by atoms with Crippen molar-refractivity contribution in [2.75, 3.05) is 49.8 Å². The third kappa shape index (κ3) is 5.57. The Morgan fingerprint density at radius 2 is 1.96 bits per heavy atom. The molecule has 0 amide bonds. The van der Waals surface area contributed by atoms with Crippen LogP contribution in [0.1, 0.15) is 56.8 Å². The number of ether oxygens (including phenoxy) is 4. The number of benzene rings is 1. The van der Waals surface area contributed by atoms with Crippen LogP contribution in [-0.4, -0.2) is 95.4 Å². The molecule has 262 valence electrons. The maximum Gasteiger partial charge on any atom is 0.326 e. The van der Waals surface area contributed by atoms with Gasteiger partial charge in [0.25, 0.3) is 6.43 Å². The summed E-state index contributed by atoms with van der Waals surface area (Å²) in [5.41, 5.74) is 1.20. The van der Waals surface area contributed by atoms with Gasteiger partial charge in [0.2, 0.25) is 5.88 Å². The number of carboxylic acids is 1. The van der Waals surface area contributed by atoms with Gasteiger partial charge in [0.1, 0.15) is 40.1 Å². The summed E-state index contributed by atoms with van der Waals surface area (Å²) in [6.45, 7) is 4.08. The predicted molar refractivity (Wildman–Crippen MR) is 178 cm³/mol. The zero-order valence-electron chi connectivity index (χ0n) is 27.7. The third-order valence-corrected chi connectivity index (χ3v) is 10.5. The quantitative estimate of drug-likeness (QED) is 0.258. The molecule has 3 aliphatic heterocycles. The predicted octanol–water partition coefficient (Wildman–Crippen LogP) is 5.12. The van der Waals surface area contributed by atoms with Crippen LogP contribution in [0, 0.1) is 11.8 Å². The molecule has 4 aromatic rings. The average Bonchev–Trinajstić information content (AvgIpc) is 3.84. The van der Waals surface area contributed by atoms with Crippen LogP contribution in [0.2, 0.25) is 0 Å². The van der Waals surface area contributed by atoms with E-state index in [1.807, 2.05) is 6.07 Å². The van der Waals surface area contributed by atoms with Crippen LogP contribution in [-0.2, 0) is 19.0 Å². The zero-order chi connectivity index (χ0) is 34.6. The number of para-hydroxylation sites is 1. The van der Waals surface area contributed by atoms with E-state index in [2.05, 4.69) is 33.6 Å². The number of alkyl halides is 2. The van der Waals surface area contributed by atoms with Crippen LogP contribution in [0.15, 0.2) is 40.9 Å². The molecule has 50 heavy (non-hydrogen) atoms. The number of methoxy groups -OCH3 is 1.